The number of nitrogens with one attached hydrogen (secondary N) is 1. The number of fused-ring (bicyclic) bond motifs is 1. The predicted molar refractivity (Wildman–Crippen MR) is 121 cm³/mol. The minimum Gasteiger partial charge on any atom is -0.390 e. The van der Waals surface area contributed by atoms with Gasteiger partial charge in [0.15, 0.2) is 11.5 Å². The summed E-state index contributed by atoms with van der Waals surface area (Å²) < 4.78 is 46.6. The number of nitrogen functional groups attached to an aromatic ring is 1. The smallest absolute Gasteiger partial charge is 0.390 e. The van der Waals surface area contributed by atoms with E-state index in [1.165, 1.54) is 12.7 Å². The molecule has 0 saturated carbocycles. The Bertz CT molecular complexity index is 1130. The van der Waals surface area contributed by atoms with E-state index in [0.717, 1.165) is 0 Å². The van der Waals surface area contributed by atoms with Crippen molar-refractivity contribution in [2.24, 2.45) is 5.73 Å². The quantitative estimate of drug-likeness (QED) is 0.147. The van der Waals surface area contributed by atoms with E-state index in [1.54, 1.807) is 11.5 Å². The standard InChI is InChI=1S/C14H24N7O5P.H4O7P2/c1-8(15)2-3-20-27(23,24)25-5-10-9(22)4-11(26-10)21-7-19-12-13(16)17-6-18-14(12)21;1-8(2,3)7-9(4,5)6/h6-11,22H,2-5,15H2,1H3,(H2,16,17,18)(H2,20,23,24);(H2,1,2,3)(H2,4,5,6)/t8?,9-,10+,11+;/m0./s1. The van der Waals surface area contributed by atoms with Crippen LogP contribution in [0.3, 0.4) is 0 Å². The van der Waals surface area contributed by atoms with E-state index in [1.807, 2.05) is 0 Å². The van der Waals surface area contributed by atoms with Gasteiger partial charge in [0, 0.05) is 19.0 Å². The van der Waals surface area contributed by atoms with Gasteiger partial charge in [-0.05, 0) is 13.3 Å². The molecule has 0 bridgehead atoms. The average Bonchev–Trinajstić information content (AvgIpc) is 3.28. The van der Waals surface area contributed by atoms with Gasteiger partial charge in [-0.3, -0.25) is 9.09 Å². The fraction of sp³-hybridized carbons (Fsp3) is 0.643. The van der Waals surface area contributed by atoms with Crippen molar-refractivity contribution in [3.05, 3.63) is 12.7 Å². The van der Waals surface area contributed by atoms with E-state index in [9.17, 15) is 23.7 Å². The minimum atomic E-state index is -5.05. The van der Waals surface area contributed by atoms with E-state index >= 15 is 0 Å². The molecule has 0 amide bonds. The van der Waals surface area contributed by atoms with Gasteiger partial charge >= 0.3 is 23.4 Å². The van der Waals surface area contributed by atoms with Crippen molar-refractivity contribution in [2.75, 3.05) is 18.9 Å². The van der Waals surface area contributed by atoms with Crippen molar-refractivity contribution in [1.29, 1.82) is 0 Å². The van der Waals surface area contributed by atoms with Crippen molar-refractivity contribution >= 4 is 40.4 Å². The summed E-state index contributed by atoms with van der Waals surface area (Å²) in [5, 5.41) is 12.7. The van der Waals surface area contributed by atoms with Crippen LogP contribution in [0.15, 0.2) is 12.7 Å². The van der Waals surface area contributed by atoms with Crippen molar-refractivity contribution in [1.82, 2.24) is 24.6 Å². The second-order valence-corrected chi connectivity index (χ2v) is 11.8. The molecule has 22 heteroatoms. The van der Waals surface area contributed by atoms with Crippen LogP contribution < -0.4 is 16.6 Å². The molecule has 2 aromatic heterocycles. The van der Waals surface area contributed by atoms with E-state index in [4.69, 9.17) is 40.3 Å². The Morgan fingerprint density at radius 3 is 2.39 bits per heavy atom. The molecule has 0 aliphatic carbocycles. The van der Waals surface area contributed by atoms with Crippen molar-refractivity contribution in [3.63, 3.8) is 0 Å². The summed E-state index contributed by atoms with van der Waals surface area (Å²) in [4.78, 5) is 53.0. The Labute approximate surface area is 203 Å². The van der Waals surface area contributed by atoms with Crippen molar-refractivity contribution < 1.29 is 56.8 Å². The number of hydrogen-bond donors (Lipinski definition) is 9. The van der Waals surface area contributed by atoms with Gasteiger partial charge in [-0.15, -0.1) is 0 Å². The van der Waals surface area contributed by atoms with Gasteiger partial charge in [0.2, 0.25) is 0 Å². The maximum absolute atomic E-state index is 12.0. The maximum atomic E-state index is 12.0. The minimum absolute atomic E-state index is 0.0962. The summed E-state index contributed by atoms with van der Waals surface area (Å²) in [6.07, 6.45) is 1.38. The third-order valence-electron chi connectivity index (χ3n) is 4.44. The molecule has 0 radical (unpaired) electrons. The lowest BCUT2D eigenvalue weighted by Crippen LogP contribution is -2.28. The van der Waals surface area contributed by atoms with E-state index in [2.05, 4.69) is 24.3 Å². The molecular formula is C14H28N7O12P3. The average molecular weight is 579 g/mol. The van der Waals surface area contributed by atoms with Crippen LogP contribution in [0.4, 0.5) is 5.82 Å². The number of aliphatic hydroxyl groups excluding tert-OH is 1. The first-order chi connectivity index (χ1) is 16.5. The highest BCUT2D eigenvalue weighted by Crippen LogP contribution is 2.53. The molecule has 3 heterocycles. The Kier molecular flexibility index (Phi) is 10.6. The number of aromatic nitrogens is 4. The Balaban J connectivity index is 0.000000434. The summed E-state index contributed by atoms with van der Waals surface area (Å²) in [5.41, 5.74) is 12.3. The van der Waals surface area contributed by atoms with Gasteiger partial charge in [0.1, 0.15) is 24.2 Å². The normalized spacial score (nSPS) is 23.2. The van der Waals surface area contributed by atoms with E-state index in [-0.39, 0.29) is 31.4 Å². The Hall–Kier alpha value is -1.40. The second-order valence-electron chi connectivity index (χ2n) is 7.57. The van der Waals surface area contributed by atoms with Gasteiger partial charge < -0.3 is 45.8 Å². The van der Waals surface area contributed by atoms with Crippen molar-refractivity contribution in [3.8, 4) is 0 Å². The van der Waals surface area contributed by atoms with Crippen LogP contribution in [0.2, 0.25) is 0 Å². The molecule has 2 unspecified atom stereocenters. The third-order valence-corrected chi connectivity index (χ3v) is 7.26. The molecule has 206 valence electrons. The van der Waals surface area contributed by atoms with Gasteiger partial charge in [0.05, 0.1) is 19.0 Å². The second kappa shape index (κ2) is 12.4. The van der Waals surface area contributed by atoms with Gasteiger partial charge in [-0.25, -0.2) is 33.7 Å². The molecule has 0 spiro atoms. The lowest BCUT2D eigenvalue weighted by atomic mass is 10.2. The number of aliphatic hydroxyl groups is 1. The van der Waals surface area contributed by atoms with Crippen LogP contribution in [-0.4, -0.2) is 80.5 Å². The van der Waals surface area contributed by atoms with Gasteiger partial charge in [-0.1, -0.05) is 0 Å². The molecule has 2 aromatic rings. The lowest BCUT2D eigenvalue weighted by molar-refractivity contribution is -0.0400. The zero-order chi connectivity index (χ0) is 27.3. The molecule has 1 fully saturated rings. The number of ether oxygens (including phenoxy) is 1. The molecular weight excluding hydrogens is 551 g/mol. The van der Waals surface area contributed by atoms with Crippen LogP contribution in [0.5, 0.6) is 0 Å². The van der Waals surface area contributed by atoms with Crippen LogP contribution in [-0.2, 0) is 27.3 Å². The third kappa shape index (κ3) is 10.2. The zero-order valence-electron chi connectivity index (χ0n) is 18.7. The van der Waals surface area contributed by atoms with Gasteiger partial charge in [0.25, 0.3) is 0 Å². The van der Waals surface area contributed by atoms with Gasteiger partial charge in [-0.2, -0.15) is 4.31 Å². The molecule has 11 N–H and O–H groups in total. The highest BCUT2D eigenvalue weighted by Gasteiger charge is 2.37. The number of hydrogen-bond acceptors (Lipinski definition) is 12. The molecule has 0 aromatic carbocycles. The summed E-state index contributed by atoms with van der Waals surface area (Å²) in [7, 11) is -14.1. The summed E-state index contributed by atoms with van der Waals surface area (Å²) in [5.74, 6) is 0.247. The topological polar surface area (TPSA) is 308 Å². The lowest BCUT2D eigenvalue weighted by Gasteiger charge is -2.19. The first kappa shape index (κ1) is 30.8. The highest BCUT2D eigenvalue weighted by atomic mass is 31.3. The zero-order valence-corrected chi connectivity index (χ0v) is 21.4. The summed E-state index contributed by atoms with van der Waals surface area (Å²) in [6.45, 7) is 1.79. The van der Waals surface area contributed by atoms with Crippen molar-refractivity contribution in [2.45, 2.75) is 44.2 Å². The Morgan fingerprint density at radius 1 is 1.19 bits per heavy atom. The Morgan fingerprint density at radius 2 is 1.83 bits per heavy atom. The monoisotopic (exact) mass is 579 g/mol. The molecule has 36 heavy (non-hydrogen) atoms. The van der Waals surface area contributed by atoms with Crippen LogP contribution >= 0.6 is 23.4 Å². The summed E-state index contributed by atoms with van der Waals surface area (Å²) >= 11 is 0. The fourth-order valence-corrected chi connectivity index (χ4v) is 4.87. The molecule has 1 saturated heterocycles. The van der Waals surface area contributed by atoms with Crippen LogP contribution in [0, 0.1) is 0 Å². The number of phosphoric acid groups is 2. The maximum Gasteiger partial charge on any atom is 0.478 e. The fourth-order valence-electron chi connectivity index (χ4n) is 2.91. The summed E-state index contributed by atoms with van der Waals surface area (Å²) in [6, 6.07) is -0.0962. The number of nitrogens with zero attached hydrogens (tertiary/aromatic N) is 4. The number of imidazole rings is 1. The van der Waals surface area contributed by atoms with Crippen LogP contribution in [0.1, 0.15) is 26.0 Å². The van der Waals surface area contributed by atoms with Crippen LogP contribution in [0.25, 0.3) is 11.2 Å². The molecule has 3 rings (SSSR count). The molecule has 5 atom stereocenters. The number of nitrogens with two attached hydrogens (primary N) is 2. The largest absolute Gasteiger partial charge is 0.478 e. The van der Waals surface area contributed by atoms with E-state index < -0.39 is 41.8 Å². The predicted octanol–water partition coefficient (Wildman–Crippen LogP) is -1.31. The number of rotatable bonds is 10. The number of anilines is 1. The first-order valence-electron chi connectivity index (χ1n) is 10.0. The first-order valence-corrected chi connectivity index (χ1v) is 14.7. The molecule has 19 nitrogen and oxygen atoms in total. The molecule has 1 aliphatic rings. The highest BCUT2D eigenvalue weighted by molar-refractivity contribution is 7.60. The SMILES string of the molecule is CC(N)CCNP(=O)(O)OC[C@H]1O[C@@H](n2cnc3c(N)ncnc32)C[C@@H]1O.O=P(O)(O)OP(=O)(O)O. The van der Waals surface area contributed by atoms with E-state index in [0.29, 0.717) is 17.6 Å². The molecule has 1 aliphatic heterocycles.